The Labute approximate surface area is 88.8 Å². The number of hydrogen-bond donors (Lipinski definition) is 1. The number of thioether (sulfide) groups is 1. The van der Waals surface area contributed by atoms with Crippen molar-refractivity contribution in [2.75, 3.05) is 5.75 Å². The van der Waals surface area contributed by atoms with Crippen LogP contribution in [0.5, 0.6) is 5.75 Å². The first-order valence-corrected chi connectivity index (χ1v) is 5.90. The van der Waals surface area contributed by atoms with E-state index in [1.165, 1.54) is 12.8 Å². The number of rotatable bonds is 3. The van der Waals surface area contributed by atoms with Crippen molar-refractivity contribution in [3.63, 3.8) is 0 Å². The Hall–Kier alpha value is -0.890. The highest BCUT2D eigenvalue weighted by atomic mass is 32.2. The number of phenolic OH excluding ortho intramolecular Hbond substituents is 1. The van der Waals surface area contributed by atoms with E-state index in [9.17, 15) is 5.11 Å². The Morgan fingerprint density at radius 2 is 1.93 bits per heavy atom. The summed E-state index contributed by atoms with van der Waals surface area (Å²) in [5, 5.41) is 9.55. The second-order valence-corrected chi connectivity index (χ2v) is 4.65. The Balaban J connectivity index is 1.88. The predicted molar refractivity (Wildman–Crippen MR) is 60.7 cm³/mol. The molecule has 1 aromatic rings. The number of allylic oxidation sites excluding steroid dienone is 2. The van der Waals surface area contributed by atoms with Crippen molar-refractivity contribution in [1.82, 2.24) is 0 Å². The van der Waals surface area contributed by atoms with Crippen LogP contribution in [0.25, 0.3) is 0 Å². The smallest absolute Gasteiger partial charge is 0.129 e. The second-order valence-electron chi connectivity index (χ2n) is 3.59. The van der Waals surface area contributed by atoms with Crippen LogP contribution in [0.3, 0.4) is 0 Å². The van der Waals surface area contributed by atoms with Gasteiger partial charge in [0.25, 0.3) is 0 Å². The van der Waals surface area contributed by atoms with Gasteiger partial charge in [-0.1, -0.05) is 24.3 Å². The summed E-state index contributed by atoms with van der Waals surface area (Å²) in [6.45, 7) is 0. The zero-order valence-electron chi connectivity index (χ0n) is 8.02. The van der Waals surface area contributed by atoms with Crippen LogP contribution in [0, 0.1) is 5.92 Å². The third-order valence-corrected chi connectivity index (χ3v) is 3.74. The normalized spacial score (nSPS) is 16.3. The monoisotopic (exact) mass is 206 g/mol. The van der Waals surface area contributed by atoms with E-state index in [1.807, 2.05) is 18.2 Å². The lowest BCUT2D eigenvalue weighted by Gasteiger charge is -2.08. The maximum Gasteiger partial charge on any atom is 0.129 e. The van der Waals surface area contributed by atoms with Crippen LogP contribution < -0.4 is 0 Å². The Bertz CT molecular complexity index is 325. The minimum absolute atomic E-state index is 0.406. The van der Waals surface area contributed by atoms with E-state index in [-0.39, 0.29) is 0 Å². The highest BCUT2D eigenvalue weighted by Crippen LogP contribution is 2.32. The summed E-state index contributed by atoms with van der Waals surface area (Å²) in [7, 11) is 0. The zero-order valence-corrected chi connectivity index (χ0v) is 8.83. The molecule has 1 N–H and O–H groups in total. The molecule has 0 aromatic heterocycles. The lowest BCUT2D eigenvalue weighted by molar-refractivity contribution is 0.462. The van der Waals surface area contributed by atoms with Crippen molar-refractivity contribution in [3.8, 4) is 5.75 Å². The number of para-hydroxylation sites is 1. The SMILES string of the molecule is Oc1ccccc1SCC1CC=CC1. The predicted octanol–water partition coefficient (Wildman–Crippen LogP) is 3.45. The summed E-state index contributed by atoms with van der Waals surface area (Å²) < 4.78 is 0. The van der Waals surface area contributed by atoms with Crippen molar-refractivity contribution >= 4 is 11.8 Å². The summed E-state index contributed by atoms with van der Waals surface area (Å²) in [5.41, 5.74) is 0. The first-order valence-electron chi connectivity index (χ1n) is 4.92. The molecular weight excluding hydrogens is 192 g/mol. The molecule has 0 spiro atoms. The van der Waals surface area contributed by atoms with E-state index >= 15 is 0 Å². The van der Waals surface area contributed by atoms with Crippen molar-refractivity contribution in [3.05, 3.63) is 36.4 Å². The average Bonchev–Trinajstić information content (AvgIpc) is 2.69. The Morgan fingerprint density at radius 3 is 2.64 bits per heavy atom. The van der Waals surface area contributed by atoms with E-state index in [1.54, 1.807) is 17.8 Å². The average molecular weight is 206 g/mol. The van der Waals surface area contributed by atoms with Crippen molar-refractivity contribution in [1.29, 1.82) is 0 Å². The van der Waals surface area contributed by atoms with Gasteiger partial charge in [-0.05, 0) is 30.9 Å². The van der Waals surface area contributed by atoms with Crippen LogP contribution in [0.15, 0.2) is 41.3 Å². The maximum absolute atomic E-state index is 9.55. The highest BCUT2D eigenvalue weighted by Gasteiger charge is 2.11. The summed E-state index contributed by atoms with van der Waals surface area (Å²) in [6, 6.07) is 7.54. The summed E-state index contributed by atoms with van der Waals surface area (Å²) >= 11 is 1.75. The van der Waals surface area contributed by atoms with E-state index in [4.69, 9.17) is 0 Å². The topological polar surface area (TPSA) is 20.2 Å². The van der Waals surface area contributed by atoms with Crippen molar-refractivity contribution in [2.45, 2.75) is 17.7 Å². The Kier molecular flexibility index (Phi) is 3.14. The van der Waals surface area contributed by atoms with Crippen molar-refractivity contribution in [2.24, 2.45) is 5.92 Å². The molecule has 0 atom stereocenters. The molecule has 74 valence electrons. The van der Waals surface area contributed by atoms with Gasteiger partial charge in [-0.2, -0.15) is 0 Å². The fraction of sp³-hybridized carbons (Fsp3) is 0.333. The first kappa shape index (κ1) is 9.66. The molecule has 0 unspecified atom stereocenters. The van der Waals surface area contributed by atoms with E-state index in [2.05, 4.69) is 12.2 Å². The molecule has 0 heterocycles. The fourth-order valence-electron chi connectivity index (χ4n) is 1.60. The van der Waals surface area contributed by atoms with E-state index < -0.39 is 0 Å². The molecule has 0 amide bonds. The molecule has 0 bridgehead atoms. The van der Waals surface area contributed by atoms with Gasteiger partial charge < -0.3 is 5.11 Å². The molecule has 0 radical (unpaired) electrons. The van der Waals surface area contributed by atoms with Gasteiger partial charge in [0.15, 0.2) is 0 Å². The quantitative estimate of drug-likeness (QED) is 0.604. The van der Waals surface area contributed by atoms with Crippen LogP contribution in [-0.2, 0) is 0 Å². The van der Waals surface area contributed by atoms with Gasteiger partial charge in [0.05, 0.1) is 0 Å². The van der Waals surface area contributed by atoms with Crippen molar-refractivity contribution < 1.29 is 5.11 Å². The molecule has 2 rings (SSSR count). The molecule has 1 aliphatic rings. The number of aromatic hydroxyl groups is 1. The van der Waals surface area contributed by atoms with Gasteiger partial charge >= 0.3 is 0 Å². The molecule has 0 saturated carbocycles. The molecule has 1 aliphatic carbocycles. The maximum atomic E-state index is 9.55. The van der Waals surface area contributed by atoms with Gasteiger partial charge in [-0.15, -0.1) is 11.8 Å². The third kappa shape index (κ3) is 2.32. The molecule has 1 nitrogen and oxygen atoms in total. The van der Waals surface area contributed by atoms with Crippen LogP contribution in [0.2, 0.25) is 0 Å². The van der Waals surface area contributed by atoms with Crippen LogP contribution in [0.1, 0.15) is 12.8 Å². The highest BCUT2D eigenvalue weighted by molar-refractivity contribution is 7.99. The lowest BCUT2D eigenvalue weighted by atomic mass is 10.1. The van der Waals surface area contributed by atoms with Crippen LogP contribution in [-0.4, -0.2) is 10.9 Å². The van der Waals surface area contributed by atoms with Gasteiger partial charge in [-0.3, -0.25) is 0 Å². The summed E-state index contributed by atoms with van der Waals surface area (Å²) in [6.07, 6.45) is 6.88. The van der Waals surface area contributed by atoms with Gasteiger partial charge in [0.2, 0.25) is 0 Å². The van der Waals surface area contributed by atoms with E-state index in [0.717, 1.165) is 16.6 Å². The summed E-state index contributed by atoms with van der Waals surface area (Å²) in [5.74, 6) is 2.27. The zero-order chi connectivity index (χ0) is 9.80. The molecule has 0 fully saturated rings. The minimum atomic E-state index is 0.406. The fourth-order valence-corrected chi connectivity index (χ4v) is 2.67. The molecule has 14 heavy (non-hydrogen) atoms. The minimum Gasteiger partial charge on any atom is -0.507 e. The Morgan fingerprint density at radius 1 is 1.21 bits per heavy atom. The number of benzene rings is 1. The first-order chi connectivity index (χ1) is 6.86. The standard InChI is InChI=1S/C12H14OS/c13-11-7-3-4-8-12(11)14-9-10-5-1-2-6-10/h1-4,7-8,10,13H,5-6,9H2. The largest absolute Gasteiger partial charge is 0.507 e. The van der Waals surface area contributed by atoms with Gasteiger partial charge in [0, 0.05) is 10.6 Å². The molecule has 0 saturated heterocycles. The molecule has 2 heteroatoms. The molecule has 1 aromatic carbocycles. The van der Waals surface area contributed by atoms with E-state index in [0.29, 0.717) is 5.75 Å². The van der Waals surface area contributed by atoms with Crippen LogP contribution >= 0.6 is 11.8 Å². The van der Waals surface area contributed by atoms with Gasteiger partial charge in [-0.25, -0.2) is 0 Å². The van der Waals surface area contributed by atoms with Gasteiger partial charge in [0.1, 0.15) is 5.75 Å². The second kappa shape index (κ2) is 4.56. The number of phenols is 1. The van der Waals surface area contributed by atoms with Crippen LogP contribution in [0.4, 0.5) is 0 Å². The lowest BCUT2D eigenvalue weighted by Crippen LogP contribution is -1.96. The third-order valence-electron chi connectivity index (χ3n) is 2.45. The molecule has 0 aliphatic heterocycles. The summed E-state index contributed by atoms with van der Waals surface area (Å²) in [4.78, 5) is 0.999. The molecular formula is C12H14OS. The number of hydrogen-bond acceptors (Lipinski definition) is 2.